The molecule has 0 aliphatic carbocycles. The number of benzene rings is 1. The van der Waals surface area contributed by atoms with Gasteiger partial charge in [0, 0.05) is 4.47 Å². The number of carboxylic acid groups (broad SMARTS) is 1. The van der Waals surface area contributed by atoms with E-state index in [1.54, 1.807) is 12.1 Å². The average molecular weight is 245 g/mol. The van der Waals surface area contributed by atoms with E-state index >= 15 is 0 Å². The first-order valence-corrected chi connectivity index (χ1v) is 4.89. The lowest BCUT2D eigenvalue weighted by Gasteiger charge is -1.97. The van der Waals surface area contributed by atoms with E-state index in [4.69, 9.17) is 5.11 Å². The van der Waals surface area contributed by atoms with Gasteiger partial charge in [0.1, 0.15) is 0 Å². The number of aromatic carboxylic acids is 1. The van der Waals surface area contributed by atoms with Crippen LogP contribution in [0.5, 0.6) is 0 Å². The van der Waals surface area contributed by atoms with E-state index in [1.807, 2.05) is 26.8 Å². The molecule has 0 aromatic heterocycles. The predicted molar refractivity (Wildman–Crippen MR) is 57.2 cm³/mol. The molecule has 0 unspecified atom stereocenters. The molecule has 1 rings (SSSR count). The van der Waals surface area contributed by atoms with Gasteiger partial charge in [0.05, 0.1) is 5.56 Å². The van der Waals surface area contributed by atoms with E-state index in [2.05, 4.69) is 15.9 Å². The second kappa shape index (κ2) is 5.75. The first-order chi connectivity index (χ1) is 6.09. The van der Waals surface area contributed by atoms with Crippen LogP contribution >= 0.6 is 15.9 Å². The van der Waals surface area contributed by atoms with Crippen LogP contribution in [0.1, 0.15) is 29.8 Å². The summed E-state index contributed by atoms with van der Waals surface area (Å²) in [6.07, 6.45) is 0. The van der Waals surface area contributed by atoms with E-state index in [-0.39, 0.29) is 0 Å². The molecule has 0 bridgehead atoms. The SMILES string of the molecule is CC.Cc1cc(Br)cc(C(=O)O)c1. The van der Waals surface area contributed by atoms with Crippen LogP contribution in [-0.2, 0) is 0 Å². The monoisotopic (exact) mass is 244 g/mol. The maximum absolute atomic E-state index is 10.5. The molecule has 1 N–H and O–H groups in total. The van der Waals surface area contributed by atoms with Crippen molar-refractivity contribution in [2.75, 3.05) is 0 Å². The third kappa shape index (κ3) is 4.08. The van der Waals surface area contributed by atoms with Gasteiger partial charge in [-0.3, -0.25) is 0 Å². The summed E-state index contributed by atoms with van der Waals surface area (Å²) < 4.78 is 0.801. The van der Waals surface area contributed by atoms with Crippen LogP contribution in [-0.4, -0.2) is 11.1 Å². The summed E-state index contributed by atoms with van der Waals surface area (Å²) in [5.74, 6) is -0.894. The van der Waals surface area contributed by atoms with Gasteiger partial charge >= 0.3 is 5.97 Å². The third-order valence-electron chi connectivity index (χ3n) is 1.29. The molecule has 0 aliphatic heterocycles. The topological polar surface area (TPSA) is 37.3 Å². The van der Waals surface area contributed by atoms with E-state index < -0.39 is 5.97 Å². The number of hydrogen-bond donors (Lipinski definition) is 1. The zero-order chi connectivity index (χ0) is 10.4. The van der Waals surface area contributed by atoms with Crippen molar-refractivity contribution in [3.05, 3.63) is 33.8 Å². The molecular formula is C10H13BrO2. The Morgan fingerprint density at radius 3 is 2.23 bits per heavy atom. The number of hydrogen-bond acceptors (Lipinski definition) is 1. The van der Waals surface area contributed by atoms with Crippen molar-refractivity contribution in [1.29, 1.82) is 0 Å². The number of carbonyl (C=O) groups is 1. The summed E-state index contributed by atoms with van der Waals surface area (Å²) in [6.45, 7) is 5.86. The summed E-state index contributed by atoms with van der Waals surface area (Å²) in [7, 11) is 0. The van der Waals surface area contributed by atoms with Crippen molar-refractivity contribution >= 4 is 21.9 Å². The zero-order valence-corrected chi connectivity index (χ0v) is 9.55. The molecule has 0 saturated carbocycles. The minimum Gasteiger partial charge on any atom is -0.478 e. The number of carboxylic acids is 1. The Labute approximate surface area is 86.7 Å². The molecule has 2 nitrogen and oxygen atoms in total. The fourth-order valence-electron chi connectivity index (χ4n) is 0.860. The molecule has 0 aliphatic rings. The van der Waals surface area contributed by atoms with E-state index in [0.717, 1.165) is 10.0 Å². The zero-order valence-electron chi connectivity index (χ0n) is 7.97. The summed E-state index contributed by atoms with van der Waals surface area (Å²) in [6, 6.07) is 5.08. The fraction of sp³-hybridized carbons (Fsp3) is 0.300. The quantitative estimate of drug-likeness (QED) is 0.822. The standard InChI is InChI=1S/C8H7BrO2.C2H6/c1-5-2-6(8(10)11)4-7(9)3-5;1-2/h2-4H,1H3,(H,10,11);1-2H3. The highest BCUT2D eigenvalue weighted by atomic mass is 79.9. The Morgan fingerprint density at radius 2 is 1.85 bits per heavy atom. The smallest absolute Gasteiger partial charge is 0.335 e. The van der Waals surface area contributed by atoms with Crippen LogP contribution in [0.4, 0.5) is 0 Å². The lowest BCUT2D eigenvalue weighted by atomic mass is 10.1. The lowest BCUT2D eigenvalue weighted by Crippen LogP contribution is -1.96. The van der Waals surface area contributed by atoms with Crippen molar-refractivity contribution in [2.45, 2.75) is 20.8 Å². The van der Waals surface area contributed by atoms with Crippen molar-refractivity contribution in [3.63, 3.8) is 0 Å². The first kappa shape index (κ1) is 12.2. The van der Waals surface area contributed by atoms with Crippen LogP contribution in [0.3, 0.4) is 0 Å². The highest BCUT2D eigenvalue weighted by Gasteiger charge is 2.02. The second-order valence-electron chi connectivity index (χ2n) is 2.32. The van der Waals surface area contributed by atoms with E-state index in [0.29, 0.717) is 5.56 Å². The molecule has 0 saturated heterocycles. The highest BCUT2D eigenvalue weighted by Crippen LogP contribution is 2.14. The molecule has 0 amide bonds. The normalized spacial score (nSPS) is 8.62. The van der Waals surface area contributed by atoms with Gasteiger partial charge in [-0.2, -0.15) is 0 Å². The van der Waals surface area contributed by atoms with Crippen LogP contribution in [0.15, 0.2) is 22.7 Å². The molecule has 1 aromatic rings. The molecule has 0 radical (unpaired) electrons. The summed E-state index contributed by atoms with van der Waals surface area (Å²) >= 11 is 3.22. The Morgan fingerprint density at radius 1 is 1.31 bits per heavy atom. The molecule has 1 aromatic carbocycles. The second-order valence-corrected chi connectivity index (χ2v) is 3.24. The van der Waals surface area contributed by atoms with E-state index in [1.165, 1.54) is 0 Å². The van der Waals surface area contributed by atoms with E-state index in [9.17, 15) is 4.79 Å². The first-order valence-electron chi connectivity index (χ1n) is 4.10. The molecule has 13 heavy (non-hydrogen) atoms. The van der Waals surface area contributed by atoms with Gasteiger partial charge in [-0.1, -0.05) is 29.8 Å². The molecule has 0 heterocycles. The Kier molecular flexibility index (Phi) is 5.39. The largest absolute Gasteiger partial charge is 0.478 e. The summed E-state index contributed by atoms with van der Waals surface area (Å²) in [5, 5.41) is 8.61. The fourth-order valence-corrected chi connectivity index (χ4v) is 1.47. The maximum atomic E-state index is 10.5. The molecule has 0 atom stereocenters. The van der Waals surface area contributed by atoms with Crippen LogP contribution < -0.4 is 0 Å². The maximum Gasteiger partial charge on any atom is 0.335 e. The Bertz CT molecular complexity index is 275. The molecule has 0 spiro atoms. The minimum atomic E-state index is -0.894. The molecule has 3 heteroatoms. The summed E-state index contributed by atoms with van der Waals surface area (Å²) in [5.41, 5.74) is 1.26. The molecule has 0 fully saturated rings. The van der Waals surface area contributed by atoms with Crippen LogP contribution in [0, 0.1) is 6.92 Å². The van der Waals surface area contributed by atoms with Gasteiger partial charge in [-0.15, -0.1) is 0 Å². The van der Waals surface area contributed by atoms with Gasteiger partial charge in [0.2, 0.25) is 0 Å². The molecule has 72 valence electrons. The van der Waals surface area contributed by atoms with Crippen molar-refractivity contribution in [2.24, 2.45) is 0 Å². The minimum absolute atomic E-state index is 0.317. The average Bonchev–Trinajstić information content (AvgIpc) is 2.06. The Balaban J connectivity index is 0.000000671. The van der Waals surface area contributed by atoms with Gasteiger partial charge in [0.15, 0.2) is 0 Å². The number of halogens is 1. The van der Waals surface area contributed by atoms with Crippen molar-refractivity contribution in [3.8, 4) is 0 Å². The number of aryl methyl sites for hydroxylation is 1. The lowest BCUT2D eigenvalue weighted by molar-refractivity contribution is 0.0696. The van der Waals surface area contributed by atoms with Gasteiger partial charge < -0.3 is 5.11 Å². The molecular weight excluding hydrogens is 232 g/mol. The van der Waals surface area contributed by atoms with Gasteiger partial charge in [0.25, 0.3) is 0 Å². The van der Waals surface area contributed by atoms with Gasteiger partial charge in [-0.05, 0) is 30.7 Å². The summed E-state index contributed by atoms with van der Waals surface area (Å²) in [4.78, 5) is 10.5. The van der Waals surface area contributed by atoms with Crippen LogP contribution in [0.25, 0.3) is 0 Å². The van der Waals surface area contributed by atoms with Crippen molar-refractivity contribution in [1.82, 2.24) is 0 Å². The van der Waals surface area contributed by atoms with Crippen molar-refractivity contribution < 1.29 is 9.90 Å². The number of rotatable bonds is 1. The Hall–Kier alpha value is -0.830. The predicted octanol–water partition coefficient (Wildman–Crippen LogP) is 3.48. The van der Waals surface area contributed by atoms with Crippen LogP contribution in [0.2, 0.25) is 0 Å². The van der Waals surface area contributed by atoms with Gasteiger partial charge in [-0.25, -0.2) is 4.79 Å². The highest BCUT2D eigenvalue weighted by molar-refractivity contribution is 9.10. The third-order valence-corrected chi connectivity index (χ3v) is 1.75.